The van der Waals surface area contributed by atoms with Crippen LogP contribution in [-0.2, 0) is 9.47 Å². The van der Waals surface area contributed by atoms with Crippen molar-refractivity contribution >= 4 is 0 Å². The molecule has 4 heteroatoms. The van der Waals surface area contributed by atoms with Crippen LogP contribution in [0.15, 0.2) is 78.9 Å². The number of epoxide rings is 1. The zero-order chi connectivity index (χ0) is 19.8. The van der Waals surface area contributed by atoms with Crippen LogP contribution >= 0.6 is 0 Å². The minimum atomic E-state index is -0.125. The van der Waals surface area contributed by atoms with Crippen LogP contribution in [-0.4, -0.2) is 49.9 Å². The largest absolute Gasteiger partial charge is 0.394 e. The summed E-state index contributed by atoms with van der Waals surface area (Å²) in [4.78, 5) is 0. The monoisotopic (exact) mass is 318 g/mol. The standard InChI is InChI=1S/C4H8O2.C2H6O2.6C2H4/c1-5-2-4-3-6-4;3-1-2-4;6*1-2/h4H,2-3H2,1H3;3-4H,1-2H2;6*1-2H2. The Bertz CT molecular complexity index is 111. The Morgan fingerprint density at radius 1 is 0.773 bits per heavy atom. The molecule has 1 rings (SSSR count). The van der Waals surface area contributed by atoms with Gasteiger partial charge in [0.2, 0.25) is 0 Å². The van der Waals surface area contributed by atoms with Gasteiger partial charge in [0.05, 0.1) is 26.4 Å². The number of aliphatic hydroxyl groups is 2. The van der Waals surface area contributed by atoms with E-state index in [0.717, 1.165) is 13.2 Å². The van der Waals surface area contributed by atoms with E-state index >= 15 is 0 Å². The molecule has 4 nitrogen and oxygen atoms in total. The lowest BCUT2D eigenvalue weighted by Crippen LogP contribution is -1.94. The van der Waals surface area contributed by atoms with E-state index in [2.05, 4.69) is 78.9 Å². The van der Waals surface area contributed by atoms with Crippen molar-refractivity contribution < 1.29 is 19.7 Å². The quantitative estimate of drug-likeness (QED) is 0.613. The highest BCUT2D eigenvalue weighted by Crippen LogP contribution is 2.06. The molecule has 0 spiro atoms. The fraction of sp³-hybridized carbons (Fsp3) is 0.333. The summed E-state index contributed by atoms with van der Waals surface area (Å²) in [6, 6.07) is 0. The van der Waals surface area contributed by atoms with E-state index in [4.69, 9.17) is 19.7 Å². The van der Waals surface area contributed by atoms with Crippen molar-refractivity contribution in [2.24, 2.45) is 0 Å². The van der Waals surface area contributed by atoms with Gasteiger partial charge in [-0.25, -0.2) is 0 Å². The maximum absolute atomic E-state index is 7.62. The predicted octanol–water partition coefficient (Wildman–Crippen LogP) is 3.82. The SMILES string of the molecule is C=C.C=C.C=C.C=C.C=C.C=C.COCC1CO1.OCCO. The van der Waals surface area contributed by atoms with Gasteiger partial charge in [-0.3, -0.25) is 0 Å². The first-order valence-corrected chi connectivity index (χ1v) is 6.17. The van der Waals surface area contributed by atoms with Gasteiger partial charge in [-0.15, -0.1) is 78.9 Å². The van der Waals surface area contributed by atoms with Crippen LogP contribution in [0.5, 0.6) is 0 Å². The van der Waals surface area contributed by atoms with Crippen molar-refractivity contribution in [3.8, 4) is 0 Å². The second-order valence-corrected chi connectivity index (χ2v) is 1.86. The number of hydrogen-bond donors (Lipinski definition) is 2. The summed E-state index contributed by atoms with van der Waals surface area (Å²) < 4.78 is 9.56. The van der Waals surface area contributed by atoms with Crippen LogP contribution in [0.3, 0.4) is 0 Å². The molecule has 0 bridgehead atoms. The zero-order valence-electron chi connectivity index (χ0n) is 14.6. The second-order valence-electron chi connectivity index (χ2n) is 1.86. The van der Waals surface area contributed by atoms with Crippen LogP contribution in [0.2, 0.25) is 0 Å². The molecular formula is C18H38O4. The van der Waals surface area contributed by atoms with Crippen molar-refractivity contribution in [2.75, 3.05) is 33.5 Å². The van der Waals surface area contributed by atoms with E-state index in [1.165, 1.54) is 0 Å². The minimum absolute atomic E-state index is 0.125. The summed E-state index contributed by atoms with van der Waals surface area (Å²) in [5.74, 6) is 0. The van der Waals surface area contributed by atoms with Gasteiger partial charge in [0.15, 0.2) is 0 Å². The van der Waals surface area contributed by atoms with Crippen molar-refractivity contribution in [1.29, 1.82) is 0 Å². The summed E-state index contributed by atoms with van der Waals surface area (Å²) in [5.41, 5.74) is 0. The summed E-state index contributed by atoms with van der Waals surface area (Å²) >= 11 is 0. The molecule has 1 aliphatic heterocycles. The molecule has 134 valence electrons. The molecule has 2 N–H and O–H groups in total. The van der Waals surface area contributed by atoms with Crippen LogP contribution in [0, 0.1) is 0 Å². The maximum atomic E-state index is 7.62. The van der Waals surface area contributed by atoms with E-state index in [0.29, 0.717) is 6.10 Å². The van der Waals surface area contributed by atoms with Gasteiger partial charge in [0.25, 0.3) is 0 Å². The maximum Gasteiger partial charge on any atom is 0.104 e. The van der Waals surface area contributed by atoms with Gasteiger partial charge < -0.3 is 19.7 Å². The smallest absolute Gasteiger partial charge is 0.104 e. The Balaban J connectivity index is -0.0000000252. The first kappa shape index (κ1) is 42.7. The van der Waals surface area contributed by atoms with E-state index in [1.54, 1.807) is 7.11 Å². The van der Waals surface area contributed by atoms with Crippen molar-refractivity contribution in [2.45, 2.75) is 6.10 Å². The third-order valence-electron chi connectivity index (χ3n) is 0.855. The molecule has 0 saturated carbocycles. The zero-order valence-corrected chi connectivity index (χ0v) is 14.6. The van der Waals surface area contributed by atoms with Crippen LogP contribution < -0.4 is 0 Å². The molecule has 0 aromatic carbocycles. The first-order valence-electron chi connectivity index (χ1n) is 6.17. The van der Waals surface area contributed by atoms with Gasteiger partial charge in [0.1, 0.15) is 6.10 Å². The number of hydrogen-bond acceptors (Lipinski definition) is 4. The van der Waals surface area contributed by atoms with Gasteiger partial charge in [-0.1, -0.05) is 0 Å². The highest BCUT2D eigenvalue weighted by Gasteiger charge is 2.21. The van der Waals surface area contributed by atoms with Crippen molar-refractivity contribution in [3.05, 3.63) is 78.9 Å². The van der Waals surface area contributed by atoms with E-state index in [9.17, 15) is 0 Å². The molecule has 0 aliphatic carbocycles. The van der Waals surface area contributed by atoms with E-state index in [-0.39, 0.29) is 13.2 Å². The molecule has 1 unspecified atom stereocenters. The number of ether oxygens (including phenoxy) is 2. The fourth-order valence-corrected chi connectivity index (χ4v) is 0.350. The average Bonchev–Trinajstić information content (AvgIpc) is 3.50. The molecule has 0 radical (unpaired) electrons. The van der Waals surface area contributed by atoms with Crippen LogP contribution in [0.25, 0.3) is 0 Å². The topological polar surface area (TPSA) is 62.2 Å². The summed E-state index contributed by atoms with van der Waals surface area (Å²) in [5, 5.41) is 15.2. The lowest BCUT2D eigenvalue weighted by atomic mass is 10.5. The third kappa shape index (κ3) is 196. The fourth-order valence-electron chi connectivity index (χ4n) is 0.350. The molecule has 1 fully saturated rings. The number of rotatable bonds is 3. The van der Waals surface area contributed by atoms with Gasteiger partial charge in [0, 0.05) is 7.11 Å². The molecule has 0 aromatic heterocycles. The Kier molecular flexibility index (Phi) is 236. The predicted molar refractivity (Wildman–Crippen MR) is 103 cm³/mol. The Morgan fingerprint density at radius 3 is 1.05 bits per heavy atom. The van der Waals surface area contributed by atoms with Crippen molar-refractivity contribution in [3.63, 3.8) is 0 Å². The summed E-state index contributed by atoms with van der Waals surface area (Å²) in [6.07, 6.45) is 0.426. The van der Waals surface area contributed by atoms with Gasteiger partial charge in [-0.05, 0) is 0 Å². The normalized spacial score (nSPS) is 10.8. The molecule has 22 heavy (non-hydrogen) atoms. The molecule has 0 amide bonds. The average molecular weight is 318 g/mol. The highest BCUT2D eigenvalue weighted by atomic mass is 16.6. The van der Waals surface area contributed by atoms with Gasteiger partial charge >= 0.3 is 0 Å². The Labute approximate surface area is 139 Å². The molecule has 0 aromatic rings. The summed E-state index contributed by atoms with van der Waals surface area (Å²) in [7, 11) is 1.68. The third-order valence-corrected chi connectivity index (χ3v) is 0.855. The highest BCUT2D eigenvalue weighted by molar-refractivity contribution is 4.66. The minimum Gasteiger partial charge on any atom is -0.394 e. The van der Waals surface area contributed by atoms with E-state index in [1.807, 2.05) is 0 Å². The number of aliphatic hydroxyl groups excluding tert-OH is 2. The van der Waals surface area contributed by atoms with Crippen LogP contribution in [0.1, 0.15) is 0 Å². The molecule has 1 saturated heterocycles. The first-order chi connectivity index (χ1) is 10.8. The Morgan fingerprint density at radius 2 is 1.00 bits per heavy atom. The molecule has 1 aliphatic rings. The van der Waals surface area contributed by atoms with Crippen LogP contribution in [0.4, 0.5) is 0 Å². The summed E-state index contributed by atoms with van der Waals surface area (Å²) in [6.45, 7) is 37.4. The van der Waals surface area contributed by atoms with Crippen molar-refractivity contribution in [1.82, 2.24) is 0 Å². The molecule has 1 heterocycles. The lowest BCUT2D eigenvalue weighted by molar-refractivity contribution is 0.171. The van der Waals surface area contributed by atoms with Gasteiger partial charge in [-0.2, -0.15) is 0 Å². The second kappa shape index (κ2) is 122. The molecule has 1 atom stereocenters. The molecular weight excluding hydrogens is 280 g/mol. The number of methoxy groups -OCH3 is 1. The lowest BCUT2D eigenvalue weighted by Gasteiger charge is -1.84. The Hall–Kier alpha value is -1.72. The van der Waals surface area contributed by atoms with E-state index < -0.39 is 0 Å².